The fourth-order valence-electron chi connectivity index (χ4n) is 9.64. The van der Waals surface area contributed by atoms with E-state index in [1.54, 1.807) is 43.3 Å². The Morgan fingerprint density at radius 1 is 1.00 bits per heavy atom. The molecule has 2 aromatic carbocycles. The van der Waals surface area contributed by atoms with Gasteiger partial charge in [0, 0.05) is 35.6 Å². The lowest BCUT2D eigenvalue weighted by Crippen LogP contribution is -2.66. The van der Waals surface area contributed by atoms with Crippen LogP contribution in [-0.2, 0) is 24.4 Å². The van der Waals surface area contributed by atoms with E-state index in [1.165, 1.54) is 21.1 Å². The van der Waals surface area contributed by atoms with E-state index >= 15 is 13.6 Å². The summed E-state index contributed by atoms with van der Waals surface area (Å²) in [5.74, 6) is -6.24. The van der Waals surface area contributed by atoms with Gasteiger partial charge in [0.15, 0.2) is 5.75 Å². The molecule has 0 radical (unpaired) electrons. The van der Waals surface area contributed by atoms with Gasteiger partial charge in [0.1, 0.15) is 46.5 Å². The van der Waals surface area contributed by atoms with E-state index in [-0.39, 0.29) is 43.7 Å². The molecule has 3 aromatic rings. The van der Waals surface area contributed by atoms with E-state index in [0.717, 1.165) is 18.7 Å². The Bertz CT molecular complexity index is 2620. The molecule has 7 rings (SSSR count). The van der Waals surface area contributed by atoms with E-state index < -0.39 is 85.6 Å². The number of hydrogen-bond acceptors (Lipinski definition) is 11. The minimum Gasteiger partial charge on any atom is -0.497 e. The first-order valence-electron chi connectivity index (χ1n) is 23.5. The van der Waals surface area contributed by atoms with Crippen molar-refractivity contribution in [3.05, 3.63) is 54.6 Å². The summed E-state index contributed by atoms with van der Waals surface area (Å²) in [7, 11) is -1.11. The van der Waals surface area contributed by atoms with Crippen molar-refractivity contribution in [1.82, 2.24) is 24.8 Å². The number of aromatic nitrogens is 1. The average Bonchev–Trinajstić information content (AvgIpc) is 4.15. The number of nitrogens with one attached hydrogen (secondary N) is 2. The van der Waals surface area contributed by atoms with Crippen LogP contribution < -0.4 is 29.0 Å². The van der Waals surface area contributed by atoms with Gasteiger partial charge in [-0.2, -0.15) is 0 Å². The molecule has 1 saturated heterocycles. The van der Waals surface area contributed by atoms with Crippen molar-refractivity contribution in [3.8, 4) is 34.4 Å². The molecule has 4 aliphatic rings. The summed E-state index contributed by atoms with van der Waals surface area (Å²) >= 11 is 0. The van der Waals surface area contributed by atoms with Gasteiger partial charge in [-0.3, -0.25) is 24.0 Å². The highest BCUT2D eigenvalue weighted by Gasteiger charge is 2.63. The molecule has 7 atom stereocenters. The number of carbonyl (C=O) groups excluding carboxylic acids is 3. The monoisotopic (exact) mass is 981 g/mol. The second kappa shape index (κ2) is 18.9. The van der Waals surface area contributed by atoms with Crippen molar-refractivity contribution >= 4 is 44.6 Å². The van der Waals surface area contributed by atoms with Crippen molar-refractivity contribution in [2.45, 2.75) is 146 Å². The van der Waals surface area contributed by atoms with Gasteiger partial charge in [0.25, 0.3) is 11.8 Å². The van der Waals surface area contributed by atoms with Crippen molar-refractivity contribution < 1.29 is 60.4 Å². The first kappa shape index (κ1) is 51.1. The van der Waals surface area contributed by atoms with Gasteiger partial charge >= 0.3 is 6.09 Å². The highest BCUT2D eigenvalue weighted by atomic mass is 32.2. The van der Waals surface area contributed by atoms with Crippen molar-refractivity contribution in [2.75, 3.05) is 20.8 Å². The van der Waals surface area contributed by atoms with E-state index in [0.29, 0.717) is 76.8 Å². The maximum atomic E-state index is 15.6. The fourth-order valence-corrected chi connectivity index (χ4v) is 10.9. The number of sulfonamides is 1. The van der Waals surface area contributed by atoms with Crippen LogP contribution in [0.2, 0.25) is 0 Å². The summed E-state index contributed by atoms with van der Waals surface area (Å²) in [5.41, 5.74) is -3.11. The van der Waals surface area contributed by atoms with Gasteiger partial charge in [-0.25, -0.2) is 27.0 Å². The molecule has 4 amide bonds. The zero-order valence-corrected chi connectivity index (χ0v) is 41.7. The molecule has 2 aliphatic heterocycles. The minimum absolute atomic E-state index is 0.0637. The summed E-state index contributed by atoms with van der Waals surface area (Å²) < 4.78 is 83.2. The Hall–Kier alpha value is -5.72. The third-order valence-electron chi connectivity index (χ3n) is 14.5. The Balaban J connectivity index is 1.34. The van der Waals surface area contributed by atoms with Crippen molar-refractivity contribution in [2.24, 2.45) is 17.8 Å². The van der Waals surface area contributed by atoms with Crippen LogP contribution in [0, 0.1) is 17.8 Å². The molecule has 16 nitrogen and oxygen atoms in total. The zero-order chi connectivity index (χ0) is 50.6. The Morgan fingerprint density at radius 2 is 1.67 bits per heavy atom. The smallest absolute Gasteiger partial charge is 0.408 e. The fraction of sp³-hybridized carbons (Fsp3) is 0.580. The van der Waals surface area contributed by atoms with E-state index in [4.69, 9.17) is 23.9 Å². The Morgan fingerprint density at radius 3 is 2.26 bits per heavy atom. The molecule has 69 heavy (non-hydrogen) atoms. The number of halogens is 2. The lowest BCUT2D eigenvalue weighted by molar-refractivity contribution is -0.156. The molecule has 3 heterocycles. The quantitative estimate of drug-likeness (QED) is 0.141. The van der Waals surface area contributed by atoms with Gasteiger partial charge in [-0.1, -0.05) is 26.0 Å². The molecule has 0 unspecified atom stereocenters. The predicted molar refractivity (Wildman–Crippen MR) is 254 cm³/mol. The number of hydrogen-bond donors (Lipinski definition) is 3. The van der Waals surface area contributed by atoms with E-state index in [1.807, 2.05) is 39.0 Å². The normalized spacial score (nSPS) is 26.7. The number of amides is 4. The Labute approximate surface area is 402 Å². The molecule has 19 heteroatoms. The predicted octanol–water partition coefficient (Wildman–Crippen LogP) is 7.72. The van der Waals surface area contributed by atoms with Gasteiger partial charge < -0.3 is 34.3 Å². The number of nitrogens with zero attached hydrogens (tertiary/aromatic N) is 3. The highest BCUT2D eigenvalue weighted by molar-refractivity contribution is 7.91. The van der Waals surface area contributed by atoms with Crippen LogP contribution in [0.4, 0.5) is 13.6 Å². The summed E-state index contributed by atoms with van der Waals surface area (Å²) in [4.78, 5) is 64.6. The molecule has 0 spiro atoms. The van der Waals surface area contributed by atoms with Crippen LogP contribution in [0.3, 0.4) is 0 Å². The maximum absolute atomic E-state index is 15.6. The molecule has 0 bridgehead atoms. The van der Waals surface area contributed by atoms with Crippen molar-refractivity contribution in [1.29, 1.82) is 0 Å². The number of ether oxygens (including phenoxy) is 4. The standard InChI is InChI=1S/C50H65F2N5O11S/c1-28(2)67-33-17-15-31(16-18-33)39-41(66-10)37-24-34(65-9)19-20-36(37)43(53-39)68-35-25-38-42(58)54-50(45(60)55-69(63,64)48(7)21-22-48)26-32(50)14-12-11-13-29(3)23-30(4)40(44(59)56(38)27-35)57(46(61)62)47(5,6)49(8,51)52/h12,14-20,24,28-30,32,35,38,40H,11,13,21-23,25-27H2,1-10H3,(H,54,58)(H,55,60)(H,61,62)/b14-12-/t29-,30-,32-,35-,38+,40+,50-/m1/s1. The third-order valence-corrected chi connectivity index (χ3v) is 16.6. The first-order chi connectivity index (χ1) is 32.3. The highest BCUT2D eigenvalue weighted by Crippen LogP contribution is 2.48. The number of fused-ring (bicyclic) bond motifs is 3. The summed E-state index contributed by atoms with van der Waals surface area (Å²) in [6.07, 6.45) is 2.67. The summed E-state index contributed by atoms with van der Waals surface area (Å²) in [5, 5.41) is 14.7. The molecule has 2 saturated carbocycles. The number of benzene rings is 2. The summed E-state index contributed by atoms with van der Waals surface area (Å²) in [6.45, 7) is 11.3. The van der Waals surface area contributed by atoms with Crippen LogP contribution in [0.5, 0.6) is 23.1 Å². The van der Waals surface area contributed by atoms with Gasteiger partial charge in [-0.15, -0.1) is 0 Å². The molecule has 1 aromatic heterocycles. The van der Waals surface area contributed by atoms with E-state index in [9.17, 15) is 27.9 Å². The van der Waals surface area contributed by atoms with Gasteiger partial charge in [0.05, 0.1) is 31.6 Å². The number of carboxylic acid groups (broad SMARTS) is 1. The molecule has 3 fully saturated rings. The Kier molecular flexibility index (Phi) is 14.0. The number of carbonyl (C=O) groups is 4. The molecular weight excluding hydrogens is 917 g/mol. The second-order valence-electron chi connectivity index (χ2n) is 20.4. The van der Waals surface area contributed by atoms with E-state index in [2.05, 4.69) is 10.0 Å². The molecular formula is C50H65F2N5O11S. The SMILES string of the molecule is COc1ccc2c(O[C@@H]3C[C@H]4C(=O)N[C@]5(C(=O)NS(=O)(=O)C6(C)CC6)C[C@H]5/C=C\CC[C@@H](C)C[C@@H](C)[C@H](N(C(=O)O)C(C)(C)C(C)(F)F)C(=O)N4C3)nc(-c3ccc(OC(C)C)cc3)c(OC)c2c1. The van der Waals surface area contributed by atoms with Crippen molar-refractivity contribution in [3.63, 3.8) is 0 Å². The average molecular weight is 982 g/mol. The van der Waals surface area contributed by atoms with Crippen LogP contribution >= 0.6 is 0 Å². The zero-order valence-electron chi connectivity index (χ0n) is 40.9. The van der Waals surface area contributed by atoms with Crippen LogP contribution in [0.1, 0.15) is 100 Å². The van der Waals surface area contributed by atoms with Gasteiger partial charge in [0.2, 0.25) is 27.7 Å². The van der Waals surface area contributed by atoms with Crippen LogP contribution in [0.15, 0.2) is 54.6 Å². The number of pyridine rings is 1. The first-order valence-corrected chi connectivity index (χ1v) is 25.0. The third kappa shape index (κ3) is 10.0. The molecule has 2 aliphatic carbocycles. The number of allylic oxidation sites excluding steroid dienone is 1. The number of alkyl halides is 2. The second-order valence-corrected chi connectivity index (χ2v) is 22.6. The minimum atomic E-state index is -4.13. The molecule has 3 N–H and O–H groups in total. The number of rotatable bonds is 13. The lowest BCUT2D eigenvalue weighted by Gasteiger charge is -2.47. The topological polar surface area (TPSA) is 203 Å². The van der Waals surface area contributed by atoms with Crippen LogP contribution in [-0.4, -0.2) is 119 Å². The maximum Gasteiger partial charge on any atom is 0.408 e. The largest absolute Gasteiger partial charge is 0.497 e. The van der Waals surface area contributed by atoms with Gasteiger partial charge in [-0.05, 0) is 127 Å². The lowest BCUT2D eigenvalue weighted by atomic mass is 9.84. The summed E-state index contributed by atoms with van der Waals surface area (Å²) in [6, 6.07) is 9.24. The molecule has 376 valence electrons. The van der Waals surface area contributed by atoms with Crippen LogP contribution in [0.25, 0.3) is 22.0 Å². The number of methoxy groups -OCH3 is 2.